The number of nitrogens with zero attached hydrogens (tertiary/aromatic N) is 2. The standard InChI is InChI=1S/C13H17N3/c1-9-6-12(7-14)4-5-13(9)16-8-15-10(2)11(16)3/h4-6,8H,7,14H2,1-3H3. The maximum Gasteiger partial charge on any atom is 0.0997 e. The third-order valence-corrected chi connectivity index (χ3v) is 3.01. The van der Waals surface area contributed by atoms with E-state index in [0.29, 0.717) is 6.54 Å². The molecule has 84 valence electrons. The van der Waals surface area contributed by atoms with Gasteiger partial charge in [0.05, 0.1) is 12.0 Å². The van der Waals surface area contributed by atoms with E-state index in [-0.39, 0.29) is 0 Å². The van der Waals surface area contributed by atoms with Crippen molar-refractivity contribution < 1.29 is 0 Å². The van der Waals surface area contributed by atoms with Gasteiger partial charge in [-0.25, -0.2) is 4.98 Å². The van der Waals surface area contributed by atoms with E-state index in [1.165, 1.54) is 16.9 Å². The lowest BCUT2D eigenvalue weighted by molar-refractivity contribution is 0.978. The van der Waals surface area contributed by atoms with Crippen LogP contribution in [0.2, 0.25) is 0 Å². The molecule has 0 fully saturated rings. The Morgan fingerprint density at radius 3 is 2.50 bits per heavy atom. The highest BCUT2D eigenvalue weighted by atomic mass is 15.1. The number of aromatic nitrogens is 2. The predicted octanol–water partition coefficient (Wildman–Crippen LogP) is 2.26. The van der Waals surface area contributed by atoms with Crippen molar-refractivity contribution in [1.29, 1.82) is 0 Å². The molecule has 0 bridgehead atoms. The topological polar surface area (TPSA) is 43.8 Å². The Hall–Kier alpha value is -1.61. The molecule has 0 radical (unpaired) electrons. The molecular weight excluding hydrogens is 198 g/mol. The number of imidazole rings is 1. The van der Waals surface area contributed by atoms with Gasteiger partial charge in [0.2, 0.25) is 0 Å². The van der Waals surface area contributed by atoms with E-state index in [9.17, 15) is 0 Å². The van der Waals surface area contributed by atoms with Gasteiger partial charge in [-0.1, -0.05) is 12.1 Å². The van der Waals surface area contributed by atoms with Gasteiger partial charge in [0.25, 0.3) is 0 Å². The van der Waals surface area contributed by atoms with Gasteiger partial charge in [0, 0.05) is 17.9 Å². The maximum atomic E-state index is 5.62. The van der Waals surface area contributed by atoms with E-state index in [0.717, 1.165) is 11.3 Å². The fourth-order valence-electron chi connectivity index (χ4n) is 1.86. The van der Waals surface area contributed by atoms with Crippen LogP contribution < -0.4 is 5.73 Å². The van der Waals surface area contributed by atoms with Crippen LogP contribution in [0.3, 0.4) is 0 Å². The molecule has 3 nitrogen and oxygen atoms in total. The van der Waals surface area contributed by atoms with E-state index in [1.54, 1.807) is 0 Å². The Bertz CT molecular complexity index is 512. The summed E-state index contributed by atoms with van der Waals surface area (Å²) >= 11 is 0. The van der Waals surface area contributed by atoms with Crippen molar-refractivity contribution in [2.75, 3.05) is 0 Å². The van der Waals surface area contributed by atoms with Crippen LogP contribution in [0.4, 0.5) is 0 Å². The highest BCUT2D eigenvalue weighted by Gasteiger charge is 2.06. The molecule has 0 aliphatic heterocycles. The van der Waals surface area contributed by atoms with E-state index in [2.05, 4.69) is 41.6 Å². The third-order valence-electron chi connectivity index (χ3n) is 3.01. The van der Waals surface area contributed by atoms with Gasteiger partial charge in [-0.15, -0.1) is 0 Å². The van der Waals surface area contributed by atoms with Gasteiger partial charge in [-0.3, -0.25) is 0 Å². The first-order valence-electron chi connectivity index (χ1n) is 5.44. The summed E-state index contributed by atoms with van der Waals surface area (Å²) in [6.45, 7) is 6.79. The van der Waals surface area contributed by atoms with Crippen LogP contribution in [0.5, 0.6) is 0 Å². The molecule has 16 heavy (non-hydrogen) atoms. The van der Waals surface area contributed by atoms with E-state index in [1.807, 2.05) is 13.3 Å². The summed E-state index contributed by atoms with van der Waals surface area (Å²) < 4.78 is 2.12. The van der Waals surface area contributed by atoms with Crippen LogP contribution in [0, 0.1) is 20.8 Å². The Kier molecular flexibility index (Phi) is 2.79. The quantitative estimate of drug-likeness (QED) is 0.835. The second-order valence-electron chi connectivity index (χ2n) is 4.11. The number of hydrogen-bond donors (Lipinski definition) is 1. The Labute approximate surface area is 95.9 Å². The van der Waals surface area contributed by atoms with Gasteiger partial charge >= 0.3 is 0 Å². The number of nitrogens with two attached hydrogens (primary N) is 1. The molecule has 0 unspecified atom stereocenters. The second kappa shape index (κ2) is 4.10. The van der Waals surface area contributed by atoms with E-state index < -0.39 is 0 Å². The molecule has 2 aromatic rings. The molecule has 2 rings (SSSR count). The van der Waals surface area contributed by atoms with Gasteiger partial charge in [0.1, 0.15) is 0 Å². The van der Waals surface area contributed by atoms with Gasteiger partial charge in [-0.2, -0.15) is 0 Å². The summed E-state index contributed by atoms with van der Waals surface area (Å²) in [5, 5.41) is 0. The minimum absolute atomic E-state index is 0.586. The summed E-state index contributed by atoms with van der Waals surface area (Å²) in [5.41, 5.74) is 11.4. The largest absolute Gasteiger partial charge is 0.326 e. The molecule has 0 saturated carbocycles. The number of rotatable bonds is 2. The number of benzene rings is 1. The van der Waals surface area contributed by atoms with Gasteiger partial charge in [0.15, 0.2) is 0 Å². The first-order valence-corrected chi connectivity index (χ1v) is 5.44. The zero-order valence-corrected chi connectivity index (χ0v) is 9.99. The first kappa shape index (κ1) is 10.9. The van der Waals surface area contributed by atoms with Crippen molar-refractivity contribution in [3.05, 3.63) is 47.0 Å². The third kappa shape index (κ3) is 1.74. The Morgan fingerprint density at radius 2 is 2.00 bits per heavy atom. The fourth-order valence-corrected chi connectivity index (χ4v) is 1.86. The van der Waals surface area contributed by atoms with Crippen LogP contribution in [-0.2, 0) is 6.54 Å². The van der Waals surface area contributed by atoms with Crippen LogP contribution in [0.1, 0.15) is 22.5 Å². The van der Waals surface area contributed by atoms with Crippen molar-refractivity contribution in [1.82, 2.24) is 9.55 Å². The Morgan fingerprint density at radius 1 is 1.25 bits per heavy atom. The lowest BCUT2D eigenvalue weighted by Crippen LogP contribution is -2.01. The van der Waals surface area contributed by atoms with Crippen molar-refractivity contribution in [2.45, 2.75) is 27.3 Å². The summed E-state index contributed by atoms with van der Waals surface area (Å²) in [6.07, 6.45) is 1.87. The molecular formula is C13H17N3. The first-order chi connectivity index (χ1) is 7.63. The zero-order chi connectivity index (χ0) is 11.7. The minimum Gasteiger partial charge on any atom is -0.326 e. The molecule has 1 aromatic carbocycles. The van der Waals surface area contributed by atoms with Crippen molar-refractivity contribution in [2.24, 2.45) is 5.73 Å². The zero-order valence-electron chi connectivity index (χ0n) is 9.99. The lowest BCUT2D eigenvalue weighted by Gasteiger charge is -2.10. The molecule has 1 heterocycles. The van der Waals surface area contributed by atoms with Gasteiger partial charge < -0.3 is 10.3 Å². The SMILES string of the molecule is Cc1cc(CN)ccc1-n1cnc(C)c1C. The highest BCUT2D eigenvalue weighted by Crippen LogP contribution is 2.18. The molecule has 0 aliphatic carbocycles. The van der Waals surface area contributed by atoms with Crippen molar-refractivity contribution in [3.8, 4) is 5.69 Å². The molecule has 2 N–H and O–H groups in total. The predicted molar refractivity (Wildman–Crippen MR) is 65.7 cm³/mol. The summed E-state index contributed by atoms with van der Waals surface area (Å²) in [6, 6.07) is 6.30. The Balaban J connectivity index is 2.52. The lowest BCUT2D eigenvalue weighted by atomic mass is 10.1. The van der Waals surface area contributed by atoms with Crippen LogP contribution in [0.25, 0.3) is 5.69 Å². The minimum atomic E-state index is 0.586. The second-order valence-corrected chi connectivity index (χ2v) is 4.11. The average Bonchev–Trinajstić information content (AvgIpc) is 2.60. The molecule has 3 heteroatoms. The van der Waals surface area contributed by atoms with Crippen LogP contribution in [0.15, 0.2) is 24.5 Å². The fraction of sp³-hybridized carbons (Fsp3) is 0.308. The number of aryl methyl sites for hydroxylation is 2. The van der Waals surface area contributed by atoms with Crippen molar-refractivity contribution in [3.63, 3.8) is 0 Å². The monoisotopic (exact) mass is 215 g/mol. The molecule has 0 amide bonds. The van der Waals surface area contributed by atoms with E-state index in [4.69, 9.17) is 5.73 Å². The number of hydrogen-bond acceptors (Lipinski definition) is 2. The average molecular weight is 215 g/mol. The summed E-state index contributed by atoms with van der Waals surface area (Å²) in [4.78, 5) is 4.31. The molecule has 0 atom stereocenters. The molecule has 0 saturated heterocycles. The highest BCUT2D eigenvalue weighted by molar-refractivity contribution is 5.44. The van der Waals surface area contributed by atoms with Crippen LogP contribution >= 0.6 is 0 Å². The summed E-state index contributed by atoms with van der Waals surface area (Å²) in [5.74, 6) is 0. The van der Waals surface area contributed by atoms with E-state index >= 15 is 0 Å². The normalized spacial score (nSPS) is 10.8. The maximum absolute atomic E-state index is 5.62. The van der Waals surface area contributed by atoms with Crippen LogP contribution in [-0.4, -0.2) is 9.55 Å². The van der Waals surface area contributed by atoms with Gasteiger partial charge in [-0.05, 0) is 38.0 Å². The summed E-state index contributed by atoms with van der Waals surface area (Å²) in [7, 11) is 0. The molecule has 0 spiro atoms. The molecule has 1 aromatic heterocycles. The van der Waals surface area contributed by atoms with Crippen molar-refractivity contribution >= 4 is 0 Å². The molecule has 0 aliphatic rings. The smallest absolute Gasteiger partial charge is 0.0997 e.